The van der Waals surface area contributed by atoms with E-state index in [1.54, 1.807) is 6.92 Å². The van der Waals surface area contributed by atoms with Gasteiger partial charge in [0.25, 0.3) is 0 Å². The zero-order valence-corrected chi connectivity index (χ0v) is 12.0. The first-order valence-electron chi connectivity index (χ1n) is 6.25. The first-order chi connectivity index (χ1) is 8.75. The van der Waals surface area contributed by atoms with Crippen LogP contribution in [-0.4, -0.2) is 28.5 Å². The summed E-state index contributed by atoms with van der Waals surface area (Å²) in [6.07, 6.45) is 0.105. The highest BCUT2D eigenvalue weighted by atomic mass is 16.5. The Morgan fingerprint density at radius 3 is 2.42 bits per heavy atom. The summed E-state index contributed by atoms with van der Waals surface area (Å²) < 4.78 is 9.99. The van der Waals surface area contributed by atoms with E-state index in [2.05, 4.69) is 10.1 Å². The van der Waals surface area contributed by atoms with Crippen molar-refractivity contribution >= 4 is 11.8 Å². The number of aromatic nitrogens is 2. The van der Waals surface area contributed by atoms with Crippen molar-refractivity contribution in [2.75, 3.05) is 6.61 Å². The molecule has 0 aliphatic heterocycles. The number of esters is 1. The van der Waals surface area contributed by atoms with Crippen LogP contribution in [0.5, 0.6) is 0 Å². The third-order valence-corrected chi connectivity index (χ3v) is 2.56. The topological polar surface area (TPSA) is 82.3 Å². The summed E-state index contributed by atoms with van der Waals surface area (Å²) in [6, 6.07) is 0. The van der Waals surface area contributed by atoms with E-state index in [9.17, 15) is 9.59 Å². The Balaban J connectivity index is 2.83. The molecule has 0 fully saturated rings. The van der Waals surface area contributed by atoms with Gasteiger partial charge in [0.2, 0.25) is 5.89 Å². The molecule has 0 saturated carbocycles. The van der Waals surface area contributed by atoms with Crippen molar-refractivity contribution in [2.45, 2.75) is 46.5 Å². The summed E-state index contributed by atoms with van der Waals surface area (Å²) in [7, 11) is 0. The Morgan fingerprint density at radius 1 is 1.37 bits per heavy atom. The lowest BCUT2D eigenvalue weighted by atomic mass is 9.97. The number of nitrogens with zero attached hydrogens (tertiary/aromatic N) is 2. The molecule has 1 rings (SSSR count). The summed E-state index contributed by atoms with van der Waals surface area (Å²) in [6.45, 7) is 9.11. The minimum absolute atomic E-state index is 0.105. The molecule has 0 saturated heterocycles. The van der Waals surface area contributed by atoms with Crippen LogP contribution in [0, 0.1) is 5.92 Å². The lowest BCUT2D eigenvalue weighted by Gasteiger charge is -2.11. The van der Waals surface area contributed by atoms with Gasteiger partial charge in [0.05, 0.1) is 6.61 Å². The second-order valence-corrected chi connectivity index (χ2v) is 5.39. The minimum atomic E-state index is -0.870. The second-order valence-electron chi connectivity index (χ2n) is 5.39. The molecule has 1 aromatic rings. The van der Waals surface area contributed by atoms with Gasteiger partial charge in [-0.2, -0.15) is 4.98 Å². The maximum absolute atomic E-state index is 11.7. The Morgan fingerprint density at radius 2 is 2.00 bits per heavy atom. The van der Waals surface area contributed by atoms with Crippen LogP contribution < -0.4 is 0 Å². The van der Waals surface area contributed by atoms with Crippen LogP contribution >= 0.6 is 0 Å². The number of Topliss-reactive ketones (excluding diaryl/α,β-unsaturated/α-hetero) is 1. The van der Waals surface area contributed by atoms with Gasteiger partial charge in [-0.25, -0.2) is 0 Å². The molecule has 0 aromatic carbocycles. The standard InChI is InChI=1S/C13H20N2O4/c1-6-18-11(17)9(8(2)16)7-10-14-12(19-15-10)13(3,4)5/h9H,6-7H2,1-5H3. The van der Waals surface area contributed by atoms with E-state index in [0.29, 0.717) is 11.7 Å². The molecule has 0 spiro atoms. The highest BCUT2D eigenvalue weighted by Crippen LogP contribution is 2.20. The van der Waals surface area contributed by atoms with E-state index in [1.165, 1.54) is 6.92 Å². The van der Waals surface area contributed by atoms with Gasteiger partial charge in [-0.15, -0.1) is 0 Å². The van der Waals surface area contributed by atoms with Crippen molar-refractivity contribution in [2.24, 2.45) is 5.92 Å². The van der Waals surface area contributed by atoms with E-state index >= 15 is 0 Å². The smallest absolute Gasteiger partial charge is 0.316 e. The molecule has 0 radical (unpaired) electrons. The highest BCUT2D eigenvalue weighted by molar-refractivity contribution is 5.97. The van der Waals surface area contributed by atoms with Crippen molar-refractivity contribution in [1.29, 1.82) is 0 Å². The third kappa shape index (κ3) is 4.15. The van der Waals surface area contributed by atoms with Gasteiger partial charge in [0.15, 0.2) is 5.82 Å². The van der Waals surface area contributed by atoms with Crippen LogP contribution in [0.4, 0.5) is 0 Å². The summed E-state index contributed by atoms with van der Waals surface area (Å²) in [5.74, 6) is -0.852. The third-order valence-electron chi connectivity index (χ3n) is 2.56. The quantitative estimate of drug-likeness (QED) is 0.597. The van der Waals surface area contributed by atoms with Gasteiger partial charge in [0.1, 0.15) is 11.7 Å². The summed E-state index contributed by atoms with van der Waals surface area (Å²) in [5, 5.41) is 3.80. The number of carbonyl (C=O) groups excluding carboxylic acids is 2. The molecule has 0 N–H and O–H groups in total. The van der Waals surface area contributed by atoms with E-state index in [-0.39, 0.29) is 24.2 Å². The molecular weight excluding hydrogens is 248 g/mol. The molecule has 19 heavy (non-hydrogen) atoms. The number of ether oxygens (including phenoxy) is 1. The Bertz CT molecular complexity index is 459. The van der Waals surface area contributed by atoms with Crippen LogP contribution in [-0.2, 0) is 26.2 Å². The molecule has 1 atom stereocenters. The number of rotatable bonds is 5. The maximum atomic E-state index is 11.7. The molecule has 0 amide bonds. The molecule has 6 nitrogen and oxygen atoms in total. The second kappa shape index (κ2) is 5.95. The number of ketones is 1. The fourth-order valence-electron chi connectivity index (χ4n) is 1.46. The highest BCUT2D eigenvalue weighted by Gasteiger charge is 2.28. The monoisotopic (exact) mass is 268 g/mol. The molecule has 0 aliphatic carbocycles. The fourth-order valence-corrected chi connectivity index (χ4v) is 1.46. The van der Waals surface area contributed by atoms with Gasteiger partial charge in [-0.1, -0.05) is 25.9 Å². The molecule has 1 aromatic heterocycles. The van der Waals surface area contributed by atoms with E-state index in [1.807, 2.05) is 20.8 Å². The van der Waals surface area contributed by atoms with Gasteiger partial charge in [0, 0.05) is 11.8 Å². The van der Waals surface area contributed by atoms with Crippen LogP contribution in [0.2, 0.25) is 0 Å². The van der Waals surface area contributed by atoms with Crippen molar-refractivity contribution in [1.82, 2.24) is 10.1 Å². The van der Waals surface area contributed by atoms with E-state index < -0.39 is 11.9 Å². The number of hydrogen-bond donors (Lipinski definition) is 0. The largest absolute Gasteiger partial charge is 0.465 e. The molecule has 6 heteroatoms. The van der Waals surface area contributed by atoms with Crippen LogP contribution in [0.25, 0.3) is 0 Å². The first-order valence-corrected chi connectivity index (χ1v) is 6.25. The molecule has 1 heterocycles. The lowest BCUT2D eigenvalue weighted by molar-refractivity contribution is -0.151. The van der Waals surface area contributed by atoms with Crippen LogP contribution in [0.1, 0.15) is 46.3 Å². The van der Waals surface area contributed by atoms with Gasteiger partial charge < -0.3 is 9.26 Å². The zero-order chi connectivity index (χ0) is 14.6. The van der Waals surface area contributed by atoms with Gasteiger partial charge >= 0.3 is 5.97 Å². The van der Waals surface area contributed by atoms with E-state index in [4.69, 9.17) is 9.26 Å². The van der Waals surface area contributed by atoms with Crippen molar-refractivity contribution in [3.63, 3.8) is 0 Å². The summed E-state index contributed by atoms with van der Waals surface area (Å²) >= 11 is 0. The summed E-state index contributed by atoms with van der Waals surface area (Å²) in [5.41, 5.74) is -0.263. The molecular formula is C13H20N2O4. The zero-order valence-electron chi connectivity index (χ0n) is 12.0. The Labute approximate surface area is 112 Å². The predicted molar refractivity (Wildman–Crippen MR) is 67.5 cm³/mol. The SMILES string of the molecule is CCOC(=O)C(Cc1noc(C(C)(C)C)n1)C(C)=O. The maximum Gasteiger partial charge on any atom is 0.316 e. The van der Waals surface area contributed by atoms with Crippen molar-refractivity contribution in [3.8, 4) is 0 Å². The van der Waals surface area contributed by atoms with E-state index in [0.717, 1.165) is 0 Å². The Kier molecular flexibility index (Phi) is 4.80. The number of carbonyl (C=O) groups is 2. The van der Waals surface area contributed by atoms with Gasteiger partial charge in [-0.3, -0.25) is 9.59 Å². The van der Waals surface area contributed by atoms with Crippen molar-refractivity contribution in [3.05, 3.63) is 11.7 Å². The average Bonchev–Trinajstić information content (AvgIpc) is 2.73. The lowest BCUT2D eigenvalue weighted by Crippen LogP contribution is -2.27. The van der Waals surface area contributed by atoms with Crippen LogP contribution in [0.3, 0.4) is 0 Å². The molecule has 0 bridgehead atoms. The minimum Gasteiger partial charge on any atom is -0.465 e. The first kappa shape index (κ1) is 15.3. The Hall–Kier alpha value is -1.72. The number of hydrogen-bond acceptors (Lipinski definition) is 6. The average molecular weight is 268 g/mol. The molecule has 1 unspecified atom stereocenters. The van der Waals surface area contributed by atoms with Crippen LogP contribution in [0.15, 0.2) is 4.52 Å². The molecule has 0 aliphatic rings. The molecule has 106 valence electrons. The summed E-state index contributed by atoms with van der Waals surface area (Å²) in [4.78, 5) is 27.4. The van der Waals surface area contributed by atoms with Crippen molar-refractivity contribution < 1.29 is 18.8 Å². The normalized spacial score (nSPS) is 13.1. The fraction of sp³-hybridized carbons (Fsp3) is 0.692. The predicted octanol–water partition coefficient (Wildman–Crippen LogP) is 1.68. The van der Waals surface area contributed by atoms with Gasteiger partial charge in [-0.05, 0) is 13.8 Å².